The molecule has 2 aromatic rings. The molecule has 4 heteroatoms. The zero-order valence-electron chi connectivity index (χ0n) is 7.49. The number of hydrogen-bond donors (Lipinski definition) is 1. The highest BCUT2D eigenvalue weighted by molar-refractivity contribution is 7.20. The molecule has 1 heterocycles. The minimum Gasteiger partial charge on any atom is -0.411 e. The maximum Gasteiger partial charge on any atom is 0.0936 e. The number of oxime groups is 1. The van der Waals surface area contributed by atoms with E-state index >= 15 is 0 Å². The summed E-state index contributed by atoms with van der Waals surface area (Å²) in [6.07, 6.45) is 0. The van der Waals surface area contributed by atoms with Crippen molar-refractivity contribution >= 4 is 38.7 Å². The minimum atomic E-state index is 0.627. The van der Waals surface area contributed by atoms with E-state index in [1.54, 1.807) is 18.3 Å². The van der Waals surface area contributed by atoms with Gasteiger partial charge in [-0.15, -0.1) is 11.3 Å². The minimum absolute atomic E-state index is 0.627. The molecule has 0 spiro atoms. The number of fused-ring (bicyclic) bond motifs is 1. The Morgan fingerprint density at radius 2 is 2.21 bits per heavy atom. The van der Waals surface area contributed by atoms with E-state index in [9.17, 15) is 0 Å². The van der Waals surface area contributed by atoms with Crippen molar-refractivity contribution in [3.8, 4) is 0 Å². The summed E-state index contributed by atoms with van der Waals surface area (Å²) in [7, 11) is 0. The zero-order valence-corrected chi connectivity index (χ0v) is 9.06. The first kappa shape index (κ1) is 9.49. The Morgan fingerprint density at radius 1 is 1.43 bits per heavy atom. The normalized spacial score (nSPS) is 12.3. The number of rotatable bonds is 1. The summed E-state index contributed by atoms with van der Waals surface area (Å²) in [5, 5.41) is 13.7. The van der Waals surface area contributed by atoms with Gasteiger partial charge in [0.15, 0.2) is 0 Å². The van der Waals surface area contributed by atoms with Crippen molar-refractivity contribution in [2.75, 3.05) is 0 Å². The summed E-state index contributed by atoms with van der Waals surface area (Å²) in [4.78, 5) is 0.963. The lowest BCUT2D eigenvalue weighted by atomic mass is 10.2. The van der Waals surface area contributed by atoms with Crippen molar-refractivity contribution in [2.24, 2.45) is 5.16 Å². The smallest absolute Gasteiger partial charge is 0.0936 e. The first-order chi connectivity index (χ1) is 6.70. The van der Waals surface area contributed by atoms with E-state index in [4.69, 9.17) is 16.8 Å². The third-order valence-electron chi connectivity index (χ3n) is 1.99. The molecule has 2 nitrogen and oxygen atoms in total. The second-order valence-corrected chi connectivity index (χ2v) is 4.50. The summed E-state index contributed by atoms with van der Waals surface area (Å²) < 4.78 is 1.11. The van der Waals surface area contributed by atoms with Crippen LogP contribution < -0.4 is 0 Å². The lowest BCUT2D eigenvalue weighted by molar-refractivity contribution is 0.319. The molecular weight excluding hydrogens is 218 g/mol. The van der Waals surface area contributed by atoms with E-state index in [1.165, 1.54) is 0 Å². The van der Waals surface area contributed by atoms with Crippen LogP contribution in [0.2, 0.25) is 5.02 Å². The van der Waals surface area contributed by atoms with Crippen molar-refractivity contribution < 1.29 is 5.21 Å². The average molecular weight is 226 g/mol. The highest BCUT2D eigenvalue weighted by Gasteiger charge is 2.04. The van der Waals surface area contributed by atoms with Crippen LogP contribution in [0.4, 0.5) is 0 Å². The lowest BCUT2D eigenvalue weighted by Gasteiger charge is -1.88. The van der Waals surface area contributed by atoms with Gasteiger partial charge in [0.25, 0.3) is 0 Å². The fraction of sp³-hybridized carbons (Fsp3) is 0.100. The average Bonchev–Trinajstić information content (AvgIpc) is 2.59. The van der Waals surface area contributed by atoms with Crippen molar-refractivity contribution in [2.45, 2.75) is 6.92 Å². The monoisotopic (exact) mass is 225 g/mol. The molecular formula is C10H8ClNOS. The maximum atomic E-state index is 8.64. The van der Waals surface area contributed by atoms with Crippen LogP contribution in [0.1, 0.15) is 11.8 Å². The molecule has 0 saturated heterocycles. The van der Waals surface area contributed by atoms with Crippen molar-refractivity contribution in [1.29, 1.82) is 0 Å². The summed E-state index contributed by atoms with van der Waals surface area (Å²) in [5.41, 5.74) is 0.627. The van der Waals surface area contributed by atoms with Gasteiger partial charge in [-0.05, 0) is 30.5 Å². The molecule has 0 bridgehead atoms. The van der Waals surface area contributed by atoms with Gasteiger partial charge in [-0.1, -0.05) is 22.8 Å². The molecule has 0 aliphatic heterocycles. The summed E-state index contributed by atoms with van der Waals surface area (Å²) in [6, 6.07) is 7.72. The first-order valence-electron chi connectivity index (χ1n) is 4.09. The van der Waals surface area contributed by atoms with Crippen LogP contribution in [0, 0.1) is 0 Å². The SMILES string of the molecule is C/C(=N/O)c1cc2ccc(Cl)cc2s1. The Kier molecular flexibility index (Phi) is 2.44. The lowest BCUT2D eigenvalue weighted by Crippen LogP contribution is -1.87. The molecule has 0 amide bonds. The number of benzene rings is 1. The number of halogens is 1. The van der Waals surface area contributed by atoms with Gasteiger partial charge in [-0.25, -0.2) is 0 Å². The number of thiophene rings is 1. The molecule has 72 valence electrons. The highest BCUT2D eigenvalue weighted by atomic mass is 35.5. The topological polar surface area (TPSA) is 32.6 Å². The van der Waals surface area contributed by atoms with Gasteiger partial charge in [-0.3, -0.25) is 0 Å². The molecule has 0 atom stereocenters. The second-order valence-electron chi connectivity index (χ2n) is 2.98. The van der Waals surface area contributed by atoms with Crippen LogP contribution in [-0.2, 0) is 0 Å². The molecule has 0 unspecified atom stereocenters. The molecule has 0 aliphatic rings. The molecule has 0 aliphatic carbocycles. The summed E-state index contributed by atoms with van der Waals surface area (Å²) in [5.74, 6) is 0. The van der Waals surface area contributed by atoms with Gasteiger partial charge >= 0.3 is 0 Å². The standard InChI is InChI=1S/C10H8ClNOS/c1-6(12-13)9-4-7-2-3-8(11)5-10(7)14-9/h2-5,13H,1H3/b12-6-. The first-order valence-corrected chi connectivity index (χ1v) is 5.28. The van der Waals surface area contributed by atoms with Crippen LogP contribution >= 0.6 is 22.9 Å². The van der Waals surface area contributed by atoms with Crippen LogP contribution in [0.5, 0.6) is 0 Å². The third kappa shape index (κ3) is 1.61. The number of nitrogens with zero attached hydrogens (tertiary/aromatic N) is 1. The molecule has 1 aromatic carbocycles. The Morgan fingerprint density at radius 3 is 2.93 bits per heavy atom. The van der Waals surface area contributed by atoms with Crippen molar-refractivity contribution in [1.82, 2.24) is 0 Å². The van der Waals surface area contributed by atoms with E-state index in [0.29, 0.717) is 5.71 Å². The number of hydrogen-bond acceptors (Lipinski definition) is 3. The molecule has 0 radical (unpaired) electrons. The van der Waals surface area contributed by atoms with E-state index in [2.05, 4.69) is 5.16 Å². The Labute approximate surface area is 90.4 Å². The quantitative estimate of drug-likeness (QED) is 0.448. The van der Waals surface area contributed by atoms with Crippen molar-refractivity contribution in [3.63, 3.8) is 0 Å². The van der Waals surface area contributed by atoms with Crippen LogP contribution in [0.25, 0.3) is 10.1 Å². The van der Waals surface area contributed by atoms with E-state index < -0.39 is 0 Å². The molecule has 2 rings (SSSR count). The van der Waals surface area contributed by atoms with Gasteiger partial charge in [-0.2, -0.15) is 0 Å². The fourth-order valence-electron chi connectivity index (χ4n) is 1.23. The molecule has 14 heavy (non-hydrogen) atoms. The summed E-state index contributed by atoms with van der Waals surface area (Å²) >= 11 is 7.44. The maximum absolute atomic E-state index is 8.64. The molecule has 0 saturated carbocycles. The predicted octanol–water partition coefficient (Wildman–Crippen LogP) is 3.75. The third-order valence-corrected chi connectivity index (χ3v) is 3.43. The van der Waals surface area contributed by atoms with Gasteiger partial charge in [0.2, 0.25) is 0 Å². The Bertz CT molecular complexity index is 504. The largest absolute Gasteiger partial charge is 0.411 e. The second kappa shape index (κ2) is 3.59. The summed E-state index contributed by atoms with van der Waals surface area (Å²) in [6.45, 7) is 1.77. The van der Waals surface area contributed by atoms with E-state index in [-0.39, 0.29) is 0 Å². The van der Waals surface area contributed by atoms with Gasteiger partial charge < -0.3 is 5.21 Å². The van der Waals surface area contributed by atoms with Crippen LogP contribution in [0.3, 0.4) is 0 Å². The Balaban J connectivity index is 2.62. The van der Waals surface area contributed by atoms with E-state index in [0.717, 1.165) is 20.0 Å². The van der Waals surface area contributed by atoms with E-state index in [1.807, 2.05) is 24.3 Å². The van der Waals surface area contributed by atoms with Gasteiger partial charge in [0.05, 0.1) is 10.6 Å². The molecule has 1 aromatic heterocycles. The fourth-order valence-corrected chi connectivity index (χ4v) is 2.51. The van der Waals surface area contributed by atoms with Crippen LogP contribution in [0.15, 0.2) is 29.4 Å². The Hall–Kier alpha value is -1.06. The zero-order chi connectivity index (χ0) is 10.1. The van der Waals surface area contributed by atoms with Gasteiger partial charge in [0.1, 0.15) is 0 Å². The molecule has 0 fully saturated rings. The van der Waals surface area contributed by atoms with Crippen molar-refractivity contribution in [3.05, 3.63) is 34.2 Å². The highest BCUT2D eigenvalue weighted by Crippen LogP contribution is 2.28. The van der Waals surface area contributed by atoms with Crippen LogP contribution in [-0.4, -0.2) is 10.9 Å². The molecule has 1 N–H and O–H groups in total. The predicted molar refractivity (Wildman–Crippen MR) is 60.8 cm³/mol. The van der Waals surface area contributed by atoms with Gasteiger partial charge in [0, 0.05) is 9.72 Å².